The van der Waals surface area contributed by atoms with Crippen LogP contribution in [0.25, 0.3) is 0 Å². The lowest BCUT2D eigenvalue weighted by Crippen LogP contribution is -2.21. The third-order valence-corrected chi connectivity index (χ3v) is 3.73. The zero-order valence-electron chi connectivity index (χ0n) is 11.4. The number of fused-ring (bicyclic) bond motifs is 1. The number of benzene rings is 1. The van der Waals surface area contributed by atoms with E-state index in [-0.39, 0.29) is 6.10 Å². The maximum atomic E-state index is 5.96. The van der Waals surface area contributed by atoms with E-state index in [1.807, 2.05) is 6.20 Å². The summed E-state index contributed by atoms with van der Waals surface area (Å²) in [5.74, 6) is 1.16. The summed E-state index contributed by atoms with van der Waals surface area (Å²) < 4.78 is 8.19. The van der Waals surface area contributed by atoms with Crippen LogP contribution >= 0.6 is 0 Å². The Morgan fingerprint density at radius 1 is 1.37 bits per heavy atom. The van der Waals surface area contributed by atoms with E-state index in [0.717, 1.165) is 38.2 Å². The molecule has 1 aliphatic rings. The fraction of sp³-hybridized carbons (Fsp3) is 0.438. The van der Waals surface area contributed by atoms with Gasteiger partial charge in [-0.05, 0) is 24.0 Å². The third-order valence-electron chi connectivity index (χ3n) is 3.73. The van der Waals surface area contributed by atoms with Crippen LogP contribution in [0.15, 0.2) is 36.7 Å². The number of imidazole rings is 1. The molecule has 0 aliphatic carbocycles. The largest absolute Gasteiger partial charge is 0.371 e. The molecule has 3 heteroatoms. The van der Waals surface area contributed by atoms with Gasteiger partial charge < -0.3 is 9.30 Å². The van der Waals surface area contributed by atoms with E-state index in [9.17, 15) is 0 Å². The van der Waals surface area contributed by atoms with Crippen molar-refractivity contribution in [2.24, 2.45) is 0 Å². The molecule has 0 bridgehead atoms. The Bertz CT molecular complexity index is 547. The predicted molar refractivity (Wildman–Crippen MR) is 75.1 cm³/mol. The molecule has 0 spiro atoms. The van der Waals surface area contributed by atoms with E-state index >= 15 is 0 Å². The van der Waals surface area contributed by atoms with Crippen molar-refractivity contribution in [2.75, 3.05) is 6.61 Å². The molecule has 1 unspecified atom stereocenters. The Balaban J connectivity index is 1.82. The minimum Gasteiger partial charge on any atom is -0.371 e. The summed E-state index contributed by atoms with van der Waals surface area (Å²) in [5, 5.41) is 0. The lowest BCUT2D eigenvalue weighted by atomic mass is 9.97. The number of aryl methyl sites for hydroxylation is 1. The number of rotatable bonds is 4. The first-order chi connectivity index (χ1) is 9.38. The van der Waals surface area contributed by atoms with Gasteiger partial charge in [0, 0.05) is 18.8 Å². The second kappa shape index (κ2) is 5.57. The van der Waals surface area contributed by atoms with Gasteiger partial charge in [0.05, 0.1) is 13.2 Å². The van der Waals surface area contributed by atoms with Crippen molar-refractivity contribution in [1.82, 2.24) is 9.55 Å². The van der Waals surface area contributed by atoms with Crippen LogP contribution in [0.4, 0.5) is 0 Å². The van der Waals surface area contributed by atoms with Crippen LogP contribution in [-0.4, -0.2) is 16.2 Å². The van der Waals surface area contributed by atoms with Gasteiger partial charge in [-0.15, -0.1) is 0 Å². The summed E-state index contributed by atoms with van der Waals surface area (Å²) in [5.41, 5.74) is 2.76. The molecular formula is C16H20N2O. The Morgan fingerprint density at radius 2 is 2.26 bits per heavy atom. The molecule has 100 valence electrons. The lowest BCUT2D eigenvalue weighted by Gasteiger charge is -2.26. The molecule has 1 atom stereocenters. The fourth-order valence-electron chi connectivity index (χ4n) is 2.76. The Morgan fingerprint density at radius 3 is 3.16 bits per heavy atom. The molecule has 1 aliphatic heterocycles. The molecule has 1 aromatic heterocycles. The van der Waals surface area contributed by atoms with Crippen LogP contribution in [0.1, 0.15) is 36.4 Å². The fourth-order valence-corrected chi connectivity index (χ4v) is 2.76. The van der Waals surface area contributed by atoms with Gasteiger partial charge in [-0.1, -0.05) is 31.2 Å². The number of ether oxygens (including phenoxy) is 1. The minimum atomic E-state index is 0.162. The Kier molecular flexibility index (Phi) is 3.65. The molecule has 0 radical (unpaired) electrons. The normalized spacial score (nSPS) is 18.3. The molecule has 0 N–H and O–H groups in total. The maximum Gasteiger partial charge on any atom is 0.108 e. The number of hydrogen-bond acceptors (Lipinski definition) is 2. The molecule has 19 heavy (non-hydrogen) atoms. The van der Waals surface area contributed by atoms with Crippen molar-refractivity contribution in [3.05, 3.63) is 53.6 Å². The average molecular weight is 256 g/mol. The predicted octanol–water partition coefficient (Wildman–Crippen LogP) is 3.15. The van der Waals surface area contributed by atoms with Gasteiger partial charge in [-0.2, -0.15) is 0 Å². The second-order valence-corrected chi connectivity index (χ2v) is 5.05. The quantitative estimate of drug-likeness (QED) is 0.840. The molecule has 3 rings (SSSR count). The van der Waals surface area contributed by atoms with Gasteiger partial charge in [0.15, 0.2) is 0 Å². The number of hydrogen-bond donors (Lipinski definition) is 0. The van der Waals surface area contributed by atoms with E-state index in [1.54, 1.807) is 0 Å². The summed E-state index contributed by atoms with van der Waals surface area (Å²) in [6, 6.07) is 8.61. The van der Waals surface area contributed by atoms with Crippen LogP contribution < -0.4 is 0 Å². The highest BCUT2D eigenvalue weighted by molar-refractivity contribution is 5.30. The van der Waals surface area contributed by atoms with Crippen molar-refractivity contribution < 1.29 is 4.74 Å². The van der Waals surface area contributed by atoms with E-state index in [0.29, 0.717) is 0 Å². The van der Waals surface area contributed by atoms with Crippen LogP contribution in [0.5, 0.6) is 0 Å². The van der Waals surface area contributed by atoms with Crippen LogP contribution in [0, 0.1) is 0 Å². The topological polar surface area (TPSA) is 27.1 Å². The second-order valence-electron chi connectivity index (χ2n) is 5.05. The molecule has 1 aromatic carbocycles. The zero-order valence-corrected chi connectivity index (χ0v) is 11.4. The molecule has 3 nitrogen and oxygen atoms in total. The number of nitrogens with zero attached hydrogens (tertiary/aromatic N) is 2. The summed E-state index contributed by atoms with van der Waals surface area (Å²) in [6.07, 6.45) is 7.29. The molecular weight excluding hydrogens is 236 g/mol. The highest BCUT2D eigenvalue weighted by Crippen LogP contribution is 2.28. The van der Waals surface area contributed by atoms with Gasteiger partial charge in [0.25, 0.3) is 0 Å². The number of aromatic nitrogens is 2. The van der Waals surface area contributed by atoms with Crippen molar-refractivity contribution >= 4 is 0 Å². The van der Waals surface area contributed by atoms with Gasteiger partial charge in [0.2, 0.25) is 0 Å². The molecule has 2 aromatic rings. The van der Waals surface area contributed by atoms with Gasteiger partial charge in [0.1, 0.15) is 11.9 Å². The summed E-state index contributed by atoms with van der Waals surface area (Å²) >= 11 is 0. The SMILES string of the molecule is CCCc1nccn1CC1OCCc2ccccc21. The molecule has 2 heterocycles. The van der Waals surface area contributed by atoms with Crippen molar-refractivity contribution in [2.45, 2.75) is 38.8 Å². The van der Waals surface area contributed by atoms with Crippen LogP contribution in [-0.2, 0) is 24.1 Å². The molecule has 0 saturated carbocycles. The third kappa shape index (κ3) is 2.56. The minimum absolute atomic E-state index is 0.162. The van der Waals surface area contributed by atoms with E-state index < -0.39 is 0 Å². The molecule has 0 amide bonds. The summed E-state index contributed by atoms with van der Waals surface area (Å²) in [6.45, 7) is 3.87. The molecule has 0 saturated heterocycles. The lowest BCUT2D eigenvalue weighted by molar-refractivity contribution is 0.0301. The maximum absolute atomic E-state index is 5.96. The highest BCUT2D eigenvalue weighted by Gasteiger charge is 2.21. The van der Waals surface area contributed by atoms with Crippen LogP contribution in [0.2, 0.25) is 0 Å². The van der Waals surface area contributed by atoms with Gasteiger partial charge in [-0.25, -0.2) is 4.98 Å². The zero-order chi connectivity index (χ0) is 13.1. The van der Waals surface area contributed by atoms with Crippen molar-refractivity contribution in [3.63, 3.8) is 0 Å². The van der Waals surface area contributed by atoms with Gasteiger partial charge in [-0.3, -0.25) is 0 Å². The average Bonchev–Trinajstić information content (AvgIpc) is 2.87. The van der Waals surface area contributed by atoms with Crippen molar-refractivity contribution in [3.8, 4) is 0 Å². The highest BCUT2D eigenvalue weighted by atomic mass is 16.5. The first-order valence-corrected chi connectivity index (χ1v) is 7.08. The molecule has 0 fully saturated rings. The van der Waals surface area contributed by atoms with E-state index in [2.05, 4.69) is 46.9 Å². The van der Waals surface area contributed by atoms with E-state index in [4.69, 9.17) is 4.74 Å². The van der Waals surface area contributed by atoms with E-state index in [1.165, 1.54) is 11.1 Å². The Hall–Kier alpha value is -1.61. The van der Waals surface area contributed by atoms with Gasteiger partial charge >= 0.3 is 0 Å². The standard InChI is InChI=1S/C16H20N2O/c1-2-5-16-17-9-10-18(16)12-15-14-7-4-3-6-13(14)8-11-19-15/h3-4,6-7,9-10,15H,2,5,8,11-12H2,1H3. The monoisotopic (exact) mass is 256 g/mol. The smallest absolute Gasteiger partial charge is 0.108 e. The summed E-state index contributed by atoms with van der Waals surface area (Å²) in [4.78, 5) is 4.43. The van der Waals surface area contributed by atoms with Crippen LogP contribution in [0.3, 0.4) is 0 Å². The van der Waals surface area contributed by atoms with Crippen molar-refractivity contribution in [1.29, 1.82) is 0 Å². The first-order valence-electron chi connectivity index (χ1n) is 7.08. The first kappa shape index (κ1) is 12.4. The Labute approximate surface area is 114 Å². The summed E-state index contributed by atoms with van der Waals surface area (Å²) in [7, 11) is 0.